The first-order valence-electron chi connectivity index (χ1n) is 12.1. The molecule has 1 aliphatic rings. The highest BCUT2D eigenvalue weighted by Gasteiger charge is 2.38. The van der Waals surface area contributed by atoms with Gasteiger partial charge in [0.15, 0.2) is 0 Å². The Hall–Kier alpha value is -3.70. The van der Waals surface area contributed by atoms with Crippen LogP contribution in [0.3, 0.4) is 0 Å². The molecule has 0 heterocycles. The Morgan fingerprint density at radius 2 is 1.71 bits per heavy atom. The van der Waals surface area contributed by atoms with Gasteiger partial charge in [-0.1, -0.05) is 50.3 Å². The van der Waals surface area contributed by atoms with Gasteiger partial charge >= 0.3 is 6.09 Å². The van der Waals surface area contributed by atoms with Crippen molar-refractivity contribution < 1.29 is 29.0 Å². The molecule has 2 aromatic carbocycles. The Morgan fingerprint density at radius 3 is 2.34 bits per heavy atom. The smallest absolute Gasteiger partial charge is 0.411 e. The summed E-state index contributed by atoms with van der Waals surface area (Å²) in [6.07, 6.45) is -1.79. The molecule has 1 aliphatic carbocycles. The Labute approximate surface area is 229 Å². The molecule has 0 spiro atoms. The van der Waals surface area contributed by atoms with E-state index in [0.717, 1.165) is 0 Å². The van der Waals surface area contributed by atoms with E-state index in [1.54, 1.807) is 54.6 Å². The van der Waals surface area contributed by atoms with Gasteiger partial charge in [0.1, 0.15) is 18.2 Å². The topological polar surface area (TPSA) is 160 Å². The molecule has 4 unspecified atom stereocenters. The van der Waals surface area contributed by atoms with Gasteiger partial charge in [-0.05, 0) is 52.5 Å². The maximum Gasteiger partial charge on any atom is 0.411 e. The van der Waals surface area contributed by atoms with E-state index in [4.69, 9.17) is 10.5 Å². The van der Waals surface area contributed by atoms with Crippen LogP contribution in [0.25, 0.3) is 0 Å². The van der Waals surface area contributed by atoms with Gasteiger partial charge in [-0.2, -0.15) is 0 Å². The van der Waals surface area contributed by atoms with Crippen molar-refractivity contribution in [3.63, 3.8) is 0 Å². The number of nitrogens with two attached hydrogens (primary N) is 1. The van der Waals surface area contributed by atoms with Crippen molar-refractivity contribution in [1.29, 1.82) is 0 Å². The van der Waals surface area contributed by atoms with Crippen molar-refractivity contribution >= 4 is 45.4 Å². The SMILES string of the molecule is CC(C)CC(NC(=O)C1=CC(NC(=O)c2ccccc2Br)C(O)C(OC(=O)Nc2ccccc2)C1)C(N)=O. The normalized spacial score (nSPS) is 19.6. The number of aliphatic hydroxyl groups is 1. The van der Waals surface area contributed by atoms with Crippen LogP contribution in [0, 0.1) is 5.92 Å². The number of para-hydroxylation sites is 1. The molecule has 2 aromatic rings. The van der Waals surface area contributed by atoms with Crippen molar-refractivity contribution in [2.45, 2.75) is 51.0 Å². The van der Waals surface area contributed by atoms with E-state index in [9.17, 15) is 24.3 Å². The Bertz CT molecular complexity index is 1200. The number of aliphatic hydroxyl groups excluding tert-OH is 1. The van der Waals surface area contributed by atoms with Crippen LogP contribution in [-0.4, -0.2) is 53.2 Å². The maximum absolute atomic E-state index is 13.1. The third kappa shape index (κ3) is 7.90. The van der Waals surface area contributed by atoms with Crippen LogP contribution in [0.5, 0.6) is 0 Å². The summed E-state index contributed by atoms with van der Waals surface area (Å²) in [4.78, 5) is 50.5. The van der Waals surface area contributed by atoms with E-state index in [1.807, 2.05) is 13.8 Å². The number of benzene rings is 2. The van der Waals surface area contributed by atoms with Crippen molar-refractivity contribution in [1.82, 2.24) is 10.6 Å². The van der Waals surface area contributed by atoms with Crippen LogP contribution >= 0.6 is 15.9 Å². The number of amides is 4. The lowest BCUT2D eigenvalue weighted by atomic mass is 9.89. The molecule has 0 aliphatic heterocycles. The summed E-state index contributed by atoms with van der Waals surface area (Å²) in [5, 5.41) is 18.9. The van der Waals surface area contributed by atoms with E-state index >= 15 is 0 Å². The zero-order valence-corrected chi connectivity index (χ0v) is 22.6. The summed E-state index contributed by atoms with van der Waals surface area (Å²) in [6, 6.07) is 13.3. The molecule has 10 nitrogen and oxygen atoms in total. The summed E-state index contributed by atoms with van der Waals surface area (Å²) in [5.41, 5.74) is 6.39. The highest BCUT2D eigenvalue weighted by molar-refractivity contribution is 9.10. The number of primary amides is 1. The molecule has 4 amide bonds. The summed E-state index contributed by atoms with van der Waals surface area (Å²) in [7, 11) is 0. The van der Waals surface area contributed by atoms with E-state index in [2.05, 4.69) is 31.9 Å². The Kier molecular flexibility index (Phi) is 10.0. The summed E-state index contributed by atoms with van der Waals surface area (Å²) >= 11 is 3.32. The standard InChI is InChI=1S/C27H31BrN4O6/c1-15(2)12-21(24(29)34)32-25(35)16-13-20(31-26(36)18-10-6-7-11-19(18)28)23(33)22(14-16)38-27(37)30-17-8-4-3-5-9-17/h3-11,13,15,20-23,33H,12,14H2,1-2H3,(H2,29,34)(H,30,37)(H,31,36)(H,32,35). The third-order valence-electron chi connectivity index (χ3n) is 5.89. The van der Waals surface area contributed by atoms with Crippen molar-refractivity contribution in [2.75, 3.05) is 5.32 Å². The molecule has 6 N–H and O–H groups in total. The summed E-state index contributed by atoms with van der Waals surface area (Å²) < 4.78 is 6.01. The van der Waals surface area contributed by atoms with Gasteiger partial charge in [-0.3, -0.25) is 19.7 Å². The van der Waals surface area contributed by atoms with Crippen molar-refractivity contribution in [3.8, 4) is 0 Å². The Morgan fingerprint density at radius 1 is 1.05 bits per heavy atom. The molecule has 38 heavy (non-hydrogen) atoms. The number of anilines is 1. The largest absolute Gasteiger partial charge is 0.443 e. The second-order valence-electron chi connectivity index (χ2n) is 9.36. The highest BCUT2D eigenvalue weighted by Crippen LogP contribution is 2.25. The molecule has 0 aromatic heterocycles. The van der Waals surface area contributed by atoms with Gasteiger partial charge in [-0.25, -0.2) is 4.79 Å². The van der Waals surface area contributed by atoms with Crippen LogP contribution in [0.2, 0.25) is 0 Å². The number of hydrogen-bond donors (Lipinski definition) is 5. The number of halogens is 1. The van der Waals surface area contributed by atoms with Crippen LogP contribution in [-0.2, 0) is 14.3 Å². The first-order valence-corrected chi connectivity index (χ1v) is 12.9. The minimum absolute atomic E-state index is 0.0871. The molecule has 11 heteroatoms. The number of nitrogens with one attached hydrogen (secondary N) is 3. The summed E-state index contributed by atoms with van der Waals surface area (Å²) in [5.74, 6) is -1.72. The first-order chi connectivity index (χ1) is 18.0. The molecule has 0 fully saturated rings. The average Bonchev–Trinajstić information content (AvgIpc) is 2.86. The van der Waals surface area contributed by atoms with E-state index in [0.29, 0.717) is 22.1 Å². The van der Waals surface area contributed by atoms with Crippen LogP contribution in [0.1, 0.15) is 37.0 Å². The number of rotatable bonds is 9. The van der Waals surface area contributed by atoms with Crippen molar-refractivity contribution in [2.24, 2.45) is 11.7 Å². The number of carbonyl (C=O) groups excluding carboxylic acids is 4. The number of ether oxygens (including phenoxy) is 1. The lowest BCUT2D eigenvalue weighted by Gasteiger charge is -2.34. The van der Waals surface area contributed by atoms with Crippen LogP contribution in [0.4, 0.5) is 10.5 Å². The second-order valence-corrected chi connectivity index (χ2v) is 10.2. The van der Waals surface area contributed by atoms with Gasteiger partial charge in [-0.15, -0.1) is 0 Å². The summed E-state index contributed by atoms with van der Waals surface area (Å²) in [6.45, 7) is 3.78. The predicted molar refractivity (Wildman–Crippen MR) is 145 cm³/mol. The lowest BCUT2D eigenvalue weighted by Crippen LogP contribution is -2.53. The first kappa shape index (κ1) is 28.9. The van der Waals surface area contributed by atoms with Gasteiger partial charge < -0.3 is 26.2 Å². The van der Waals surface area contributed by atoms with E-state index in [1.165, 1.54) is 6.08 Å². The molecule has 3 rings (SSSR count). The van der Waals surface area contributed by atoms with Crippen LogP contribution in [0.15, 0.2) is 70.7 Å². The van der Waals surface area contributed by atoms with Gasteiger partial charge in [0.05, 0.1) is 11.6 Å². The molecule has 0 radical (unpaired) electrons. The molecule has 4 atom stereocenters. The molecule has 202 valence electrons. The molecule has 0 bridgehead atoms. The molecular weight excluding hydrogens is 556 g/mol. The molecule has 0 saturated heterocycles. The zero-order valence-electron chi connectivity index (χ0n) is 21.0. The minimum atomic E-state index is -1.36. The number of carbonyl (C=O) groups is 4. The fourth-order valence-corrected chi connectivity index (χ4v) is 4.47. The Balaban J connectivity index is 1.83. The highest BCUT2D eigenvalue weighted by atomic mass is 79.9. The van der Waals surface area contributed by atoms with E-state index in [-0.39, 0.29) is 17.9 Å². The minimum Gasteiger partial charge on any atom is -0.443 e. The number of hydrogen-bond acceptors (Lipinski definition) is 6. The van der Waals surface area contributed by atoms with E-state index < -0.39 is 48.1 Å². The average molecular weight is 587 g/mol. The zero-order chi connectivity index (χ0) is 27.8. The van der Waals surface area contributed by atoms with Gasteiger partial charge in [0, 0.05) is 22.2 Å². The maximum atomic E-state index is 13.1. The fourth-order valence-electron chi connectivity index (χ4n) is 4.01. The lowest BCUT2D eigenvalue weighted by molar-refractivity contribution is -0.126. The quantitative estimate of drug-likeness (QED) is 0.303. The van der Waals surface area contributed by atoms with Gasteiger partial charge in [0.2, 0.25) is 11.8 Å². The third-order valence-corrected chi connectivity index (χ3v) is 6.58. The monoisotopic (exact) mass is 586 g/mol. The van der Waals surface area contributed by atoms with Crippen LogP contribution < -0.4 is 21.7 Å². The van der Waals surface area contributed by atoms with Crippen molar-refractivity contribution in [3.05, 3.63) is 76.3 Å². The predicted octanol–water partition coefficient (Wildman–Crippen LogP) is 2.87. The second kappa shape index (κ2) is 13.2. The molecular formula is C27H31BrN4O6. The molecule has 0 saturated carbocycles. The van der Waals surface area contributed by atoms with Gasteiger partial charge in [0.25, 0.3) is 5.91 Å². The fraction of sp³-hybridized carbons (Fsp3) is 0.333.